The lowest BCUT2D eigenvalue weighted by atomic mass is 10.0. The predicted octanol–water partition coefficient (Wildman–Crippen LogP) is 1.01. The second-order valence-corrected chi connectivity index (χ2v) is 7.10. The number of pyridine rings is 1. The van der Waals surface area contributed by atoms with E-state index in [0.717, 1.165) is 17.7 Å². The zero-order valence-electron chi connectivity index (χ0n) is 15.9. The molecule has 1 aromatic carbocycles. The summed E-state index contributed by atoms with van der Waals surface area (Å²) >= 11 is 0. The maximum absolute atomic E-state index is 12.7. The van der Waals surface area contributed by atoms with Crippen LogP contribution in [0.4, 0.5) is 0 Å². The highest BCUT2D eigenvalue weighted by molar-refractivity contribution is 6.05. The first-order chi connectivity index (χ1) is 14.1. The van der Waals surface area contributed by atoms with E-state index in [9.17, 15) is 14.4 Å². The normalized spacial score (nSPS) is 18.6. The minimum absolute atomic E-state index is 0.180. The summed E-state index contributed by atoms with van der Waals surface area (Å²) in [6, 6.07) is 8.67. The molecule has 0 aliphatic carbocycles. The van der Waals surface area contributed by atoms with Gasteiger partial charge in [0, 0.05) is 44.0 Å². The van der Waals surface area contributed by atoms with Gasteiger partial charge in [0.1, 0.15) is 18.4 Å². The molecule has 4 rings (SSSR count). The molecule has 150 valence electrons. The Balaban J connectivity index is 1.30. The maximum atomic E-state index is 12.7. The molecule has 1 atom stereocenters. The summed E-state index contributed by atoms with van der Waals surface area (Å²) in [6.45, 7) is 2.26. The molecule has 3 amide bonds. The molecule has 2 aromatic rings. The van der Waals surface area contributed by atoms with E-state index < -0.39 is 11.9 Å². The molecule has 29 heavy (non-hydrogen) atoms. The van der Waals surface area contributed by atoms with E-state index in [0.29, 0.717) is 37.4 Å². The Kier molecular flexibility index (Phi) is 5.53. The van der Waals surface area contributed by atoms with E-state index >= 15 is 0 Å². The summed E-state index contributed by atoms with van der Waals surface area (Å²) in [6.07, 6.45) is 4.13. The van der Waals surface area contributed by atoms with Gasteiger partial charge in [-0.05, 0) is 47.9 Å². The van der Waals surface area contributed by atoms with Gasteiger partial charge in [0.25, 0.3) is 5.91 Å². The Labute approximate surface area is 168 Å². The second-order valence-electron chi connectivity index (χ2n) is 7.10. The van der Waals surface area contributed by atoms with E-state index in [4.69, 9.17) is 4.74 Å². The van der Waals surface area contributed by atoms with Crippen molar-refractivity contribution in [3.05, 3.63) is 59.4 Å². The Hall–Kier alpha value is -3.26. The van der Waals surface area contributed by atoms with Gasteiger partial charge < -0.3 is 15.0 Å². The van der Waals surface area contributed by atoms with Gasteiger partial charge in [0.05, 0.1) is 0 Å². The van der Waals surface area contributed by atoms with Crippen molar-refractivity contribution in [2.75, 3.05) is 13.2 Å². The van der Waals surface area contributed by atoms with Gasteiger partial charge in [-0.2, -0.15) is 0 Å². The zero-order valence-corrected chi connectivity index (χ0v) is 15.9. The van der Waals surface area contributed by atoms with Crippen LogP contribution in [0.15, 0.2) is 42.7 Å². The van der Waals surface area contributed by atoms with Gasteiger partial charge >= 0.3 is 0 Å². The summed E-state index contributed by atoms with van der Waals surface area (Å²) < 4.78 is 5.79. The largest absolute Gasteiger partial charge is 0.492 e. The molecule has 8 heteroatoms. The van der Waals surface area contributed by atoms with Crippen LogP contribution in [0.1, 0.15) is 34.3 Å². The van der Waals surface area contributed by atoms with Crippen molar-refractivity contribution >= 4 is 17.7 Å². The first-order valence-corrected chi connectivity index (χ1v) is 9.62. The molecule has 1 fully saturated rings. The smallest absolute Gasteiger partial charge is 0.255 e. The van der Waals surface area contributed by atoms with Crippen molar-refractivity contribution in [2.45, 2.75) is 32.0 Å². The third kappa shape index (κ3) is 4.27. The molecule has 3 heterocycles. The number of nitrogens with one attached hydrogen (secondary N) is 2. The van der Waals surface area contributed by atoms with E-state index in [1.165, 1.54) is 4.90 Å². The summed E-state index contributed by atoms with van der Waals surface area (Å²) in [5, 5.41) is 5.61. The number of rotatable bonds is 7. The van der Waals surface area contributed by atoms with Crippen molar-refractivity contribution < 1.29 is 19.1 Å². The van der Waals surface area contributed by atoms with Crippen molar-refractivity contribution in [3.8, 4) is 5.75 Å². The second kappa shape index (κ2) is 8.40. The Morgan fingerprint density at radius 1 is 1.17 bits per heavy atom. The number of fused-ring (bicyclic) bond motifs is 1. The monoisotopic (exact) mass is 394 g/mol. The highest BCUT2D eigenvalue weighted by atomic mass is 16.5. The highest BCUT2D eigenvalue weighted by Gasteiger charge is 2.39. The van der Waals surface area contributed by atoms with Crippen LogP contribution >= 0.6 is 0 Å². The molecule has 1 unspecified atom stereocenters. The van der Waals surface area contributed by atoms with E-state index in [1.54, 1.807) is 24.5 Å². The number of benzene rings is 1. The summed E-state index contributed by atoms with van der Waals surface area (Å²) in [4.78, 5) is 41.6. The maximum Gasteiger partial charge on any atom is 0.255 e. The minimum atomic E-state index is -0.602. The summed E-state index contributed by atoms with van der Waals surface area (Å²) in [7, 11) is 0. The van der Waals surface area contributed by atoms with Crippen LogP contribution in [-0.2, 0) is 22.7 Å². The summed E-state index contributed by atoms with van der Waals surface area (Å²) in [5.41, 5.74) is 2.57. The molecule has 2 aliphatic heterocycles. The van der Waals surface area contributed by atoms with Gasteiger partial charge in [-0.25, -0.2) is 0 Å². The number of ether oxygens (including phenoxy) is 1. The number of aromatic nitrogens is 1. The Morgan fingerprint density at radius 3 is 2.79 bits per heavy atom. The van der Waals surface area contributed by atoms with E-state index in [-0.39, 0.29) is 18.2 Å². The minimum Gasteiger partial charge on any atom is -0.492 e. The molecule has 1 aromatic heterocycles. The highest BCUT2D eigenvalue weighted by Crippen LogP contribution is 2.30. The third-order valence-corrected chi connectivity index (χ3v) is 5.12. The number of imide groups is 1. The fourth-order valence-electron chi connectivity index (χ4n) is 3.62. The van der Waals surface area contributed by atoms with Crippen molar-refractivity contribution in [1.82, 2.24) is 20.5 Å². The molecule has 2 aliphatic rings. The number of amides is 3. The SMILES string of the molecule is O=C1CCC(N2Cc3cc(OCCNCc4ccncc4)ccc3C2=O)C(=O)N1. The van der Waals surface area contributed by atoms with E-state index in [1.807, 2.05) is 18.2 Å². The molecule has 0 bridgehead atoms. The number of nitrogens with zero attached hydrogens (tertiary/aromatic N) is 2. The van der Waals surface area contributed by atoms with Gasteiger partial charge in [0.15, 0.2) is 0 Å². The molecule has 8 nitrogen and oxygen atoms in total. The molecular weight excluding hydrogens is 372 g/mol. The quantitative estimate of drug-likeness (QED) is 0.537. The topological polar surface area (TPSA) is 101 Å². The predicted molar refractivity (Wildman–Crippen MR) is 104 cm³/mol. The van der Waals surface area contributed by atoms with Crippen LogP contribution in [0.25, 0.3) is 0 Å². The fourth-order valence-corrected chi connectivity index (χ4v) is 3.62. The number of piperidine rings is 1. The number of hydrogen-bond donors (Lipinski definition) is 2. The van der Waals surface area contributed by atoms with Gasteiger partial charge in [0.2, 0.25) is 11.8 Å². The third-order valence-electron chi connectivity index (χ3n) is 5.12. The lowest BCUT2D eigenvalue weighted by molar-refractivity contribution is -0.136. The van der Waals surface area contributed by atoms with Crippen LogP contribution in [0.3, 0.4) is 0 Å². The fraction of sp³-hybridized carbons (Fsp3) is 0.333. The molecule has 0 saturated carbocycles. The number of hydrogen-bond acceptors (Lipinski definition) is 6. The van der Waals surface area contributed by atoms with Gasteiger partial charge in [-0.1, -0.05) is 0 Å². The average molecular weight is 394 g/mol. The van der Waals surface area contributed by atoms with Gasteiger partial charge in [-0.3, -0.25) is 24.7 Å². The van der Waals surface area contributed by atoms with Crippen LogP contribution in [0.5, 0.6) is 5.75 Å². The standard InChI is InChI=1S/C21H22N4O4/c26-19-4-3-18(20(27)24-19)25-13-15-11-16(1-2-17(15)21(25)28)29-10-9-23-12-14-5-7-22-8-6-14/h1-2,5-8,11,18,23H,3-4,9-10,12-13H2,(H,24,26,27). The average Bonchev–Trinajstić information content (AvgIpc) is 3.04. The Morgan fingerprint density at radius 2 is 2.00 bits per heavy atom. The molecular formula is C21H22N4O4. The zero-order chi connectivity index (χ0) is 20.2. The van der Waals surface area contributed by atoms with Crippen molar-refractivity contribution in [1.29, 1.82) is 0 Å². The lowest BCUT2D eigenvalue weighted by Crippen LogP contribution is -2.52. The Bertz CT molecular complexity index is 932. The first-order valence-electron chi connectivity index (χ1n) is 9.62. The van der Waals surface area contributed by atoms with E-state index in [2.05, 4.69) is 15.6 Å². The van der Waals surface area contributed by atoms with Crippen LogP contribution < -0.4 is 15.4 Å². The molecule has 0 radical (unpaired) electrons. The molecule has 0 spiro atoms. The van der Waals surface area contributed by atoms with Crippen molar-refractivity contribution in [2.24, 2.45) is 0 Å². The van der Waals surface area contributed by atoms with Crippen molar-refractivity contribution in [3.63, 3.8) is 0 Å². The molecule has 2 N–H and O–H groups in total. The van der Waals surface area contributed by atoms with Crippen LogP contribution in [0, 0.1) is 0 Å². The lowest BCUT2D eigenvalue weighted by Gasteiger charge is -2.29. The van der Waals surface area contributed by atoms with Crippen LogP contribution in [-0.4, -0.2) is 46.8 Å². The number of carbonyl (C=O) groups excluding carboxylic acids is 3. The first kappa shape index (κ1) is 19.1. The summed E-state index contributed by atoms with van der Waals surface area (Å²) in [5.74, 6) is -0.185. The van der Waals surface area contributed by atoms with Crippen LogP contribution in [0.2, 0.25) is 0 Å². The molecule has 1 saturated heterocycles. The number of carbonyl (C=O) groups is 3. The van der Waals surface area contributed by atoms with Gasteiger partial charge in [-0.15, -0.1) is 0 Å².